The maximum absolute atomic E-state index is 13.2. The van der Waals surface area contributed by atoms with Crippen LogP contribution in [-0.2, 0) is 27.0 Å². The van der Waals surface area contributed by atoms with Gasteiger partial charge < -0.3 is 30.5 Å². The van der Waals surface area contributed by atoms with Crippen LogP contribution in [0.3, 0.4) is 0 Å². The third-order valence-electron chi connectivity index (χ3n) is 6.86. The molecule has 1 fully saturated rings. The molecule has 1 aliphatic carbocycles. The molecule has 4 rings (SSSR count). The van der Waals surface area contributed by atoms with Crippen molar-refractivity contribution in [1.82, 2.24) is 9.88 Å². The number of carbonyl (C=O) groups excluding carboxylic acids is 2. The quantitative estimate of drug-likeness (QED) is 0.289. The number of nitrogens with zero attached hydrogens (tertiary/aromatic N) is 1. The van der Waals surface area contributed by atoms with Crippen molar-refractivity contribution in [2.24, 2.45) is 0 Å². The number of carbonyl (C=O) groups is 2. The van der Waals surface area contributed by atoms with Gasteiger partial charge in [-0.15, -0.1) is 0 Å². The molecule has 0 aliphatic heterocycles. The fraction of sp³-hybridized carbons (Fsp3) is 0.429. The number of aliphatic hydroxyl groups is 1. The molecule has 1 saturated carbocycles. The third kappa shape index (κ3) is 5.18. The highest BCUT2D eigenvalue weighted by atomic mass is 16.3. The van der Waals surface area contributed by atoms with E-state index in [1.165, 1.54) is 12.1 Å². The van der Waals surface area contributed by atoms with Gasteiger partial charge in [0, 0.05) is 47.2 Å². The van der Waals surface area contributed by atoms with Gasteiger partial charge in [-0.3, -0.25) is 9.59 Å². The zero-order valence-electron chi connectivity index (χ0n) is 21.1. The number of amides is 2. The van der Waals surface area contributed by atoms with Gasteiger partial charge in [0.15, 0.2) is 11.5 Å². The largest absolute Gasteiger partial charge is 0.504 e. The summed E-state index contributed by atoms with van der Waals surface area (Å²) in [5.41, 5.74) is 2.77. The molecule has 8 nitrogen and oxygen atoms in total. The molecule has 0 bridgehead atoms. The Hall–Kier alpha value is -3.52. The van der Waals surface area contributed by atoms with E-state index in [9.17, 15) is 19.8 Å². The van der Waals surface area contributed by atoms with E-state index in [1.807, 2.05) is 18.2 Å². The van der Waals surface area contributed by atoms with Gasteiger partial charge in [0.2, 0.25) is 11.8 Å². The van der Waals surface area contributed by atoms with E-state index in [0.29, 0.717) is 43.5 Å². The molecule has 0 spiro atoms. The van der Waals surface area contributed by atoms with Gasteiger partial charge in [-0.1, -0.05) is 26.8 Å². The van der Waals surface area contributed by atoms with Gasteiger partial charge in [-0.2, -0.15) is 0 Å². The third-order valence-corrected chi connectivity index (χ3v) is 6.86. The maximum atomic E-state index is 13.2. The van der Waals surface area contributed by atoms with E-state index in [2.05, 4.69) is 42.0 Å². The molecule has 1 heterocycles. The molecule has 0 atom stereocenters. The SMILES string of the molecule is CC(C)(C)c1cc2cc(NC(=O)C3(c4ccc(O)c(O)c4)CC3)ccc2n1CCCC(=O)NCCO. The van der Waals surface area contributed by atoms with Crippen LogP contribution in [-0.4, -0.2) is 44.9 Å². The Labute approximate surface area is 210 Å². The Balaban J connectivity index is 1.54. The number of aryl methyl sites for hydroxylation is 1. The van der Waals surface area contributed by atoms with Gasteiger partial charge in [0.25, 0.3) is 0 Å². The van der Waals surface area contributed by atoms with Crippen molar-refractivity contribution < 1.29 is 24.9 Å². The lowest BCUT2D eigenvalue weighted by Crippen LogP contribution is -2.27. The number of hydrogen-bond acceptors (Lipinski definition) is 5. The number of fused-ring (bicyclic) bond motifs is 1. The van der Waals surface area contributed by atoms with Crippen LogP contribution in [0.2, 0.25) is 0 Å². The molecule has 2 aromatic carbocycles. The van der Waals surface area contributed by atoms with Crippen molar-refractivity contribution in [3.05, 3.63) is 53.7 Å². The Kier molecular flexibility index (Phi) is 7.00. The minimum absolute atomic E-state index is 0.0699. The second-order valence-corrected chi connectivity index (χ2v) is 10.6. The van der Waals surface area contributed by atoms with Gasteiger partial charge >= 0.3 is 0 Å². The molecule has 8 heteroatoms. The number of anilines is 1. The summed E-state index contributed by atoms with van der Waals surface area (Å²) < 4.78 is 2.24. The first kappa shape index (κ1) is 25.6. The molecule has 0 saturated heterocycles. The normalized spacial score (nSPS) is 14.6. The summed E-state index contributed by atoms with van der Waals surface area (Å²) in [5, 5.41) is 35.1. The lowest BCUT2D eigenvalue weighted by molar-refractivity contribution is -0.121. The summed E-state index contributed by atoms with van der Waals surface area (Å²) in [6.45, 7) is 7.33. The lowest BCUT2D eigenvalue weighted by atomic mass is 9.92. The molecule has 1 aromatic heterocycles. The number of rotatable bonds is 9. The molecule has 5 N–H and O–H groups in total. The number of benzene rings is 2. The maximum Gasteiger partial charge on any atom is 0.235 e. The molecule has 0 unspecified atom stereocenters. The van der Waals surface area contributed by atoms with Gasteiger partial charge in [0.1, 0.15) is 0 Å². The van der Waals surface area contributed by atoms with Crippen LogP contribution >= 0.6 is 0 Å². The van der Waals surface area contributed by atoms with Crippen molar-refractivity contribution in [3.63, 3.8) is 0 Å². The van der Waals surface area contributed by atoms with Gasteiger partial charge in [0.05, 0.1) is 12.0 Å². The van der Waals surface area contributed by atoms with Gasteiger partial charge in [-0.25, -0.2) is 0 Å². The van der Waals surface area contributed by atoms with E-state index in [0.717, 1.165) is 16.6 Å². The highest BCUT2D eigenvalue weighted by Gasteiger charge is 2.51. The van der Waals surface area contributed by atoms with Crippen LogP contribution in [0.4, 0.5) is 5.69 Å². The molecule has 192 valence electrons. The van der Waals surface area contributed by atoms with Crippen molar-refractivity contribution in [2.75, 3.05) is 18.5 Å². The average molecular weight is 494 g/mol. The average Bonchev–Trinajstić information content (AvgIpc) is 3.55. The smallest absolute Gasteiger partial charge is 0.235 e. The van der Waals surface area contributed by atoms with E-state index < -0.39 is 5.41 Å². The monoisotopic (exact) mass is 493 g/mol. The summed E-state index contributed by atoms with van der Waals surface area (Å²) in [7, 11) is 0. The first-order valence-electron chi connectivity index (χ1n) is 12.4. The van der Waals surface area contributed by atoms with Crippen molar-refractivity contribution in [1.29, 1.82) is 0 Å². The van der Waals surface area contributed by atoms with Crippen molar-refractivity contribution >= 4 is 28.4 Å². The Morgan fingerprint density at radius 3 is 2.42 bits per heavy atom. The molecular formula is C28H35N3O5. The standard InChI is InChI=1S/C28H35N3O5/c1-27(2,3)24-16-18-15-20(7-8-21(18)31(24)13-4-5-25(35)29-12-14-32)30-26(36)28(10-11-28)19-6-9-22(33)23(34)17-19/h6-9,15-17,32-34H,4-5,10-14H2,1-3H3,(H,29,35)(H,30,36). The molecule has 0 radical (unpaired) electrons. The zero-order valence-corrected chi connectivity index (χ0v) is 21.1. The summed E-state index contributed by atoms with van der Waals surface area (Å²) in [5.74, 6) is -0.629. The van der Waals surface area contributed by atoms with Crippen LogP contribution in [0.25, 0.3) is 10.9 Å². The van der Waals surface area contributed by atoms with Crippen LogP contribution in [0.15, 0.2) is 42.5 Å². The highest BCUT2D eigenvalue weighted by molar-refractivity contribution is 6.02. The molecule has 2 amide bonds. The van der Waals surface area contributed by atoms with Crippen LogP contribution in [0.1, 0.15) is 57.7 Å². The predicted molar refractivity (Wildman–Crippen MR) is 139 cm³/mol. The number of aromatic hydroxyl groups is 2. The Bertz CT molecular complexity index is 1280. The van der Waals surface area contributed by atoms with E-state index in [4.69, 9.17) is 5.11 Å². The van der Waals surface area contributed by atoms with E-state index >= 15 is 0 Å². The summed E-state index contributed by atoms with van der Waals surface area (Å²) in [4.78, 5) is 25.2. The summed E-state index contributed by atoms with van der Waals surface area (Å²) >= 11 is 0. The zero-order chi connectivity index (χ0) is 26.1. The fourth-order valence-electron chi connectivity index (χ4n) is 4.74. The number of aliphatic hydroxyl groups excluding tert-OH is 1. The second-order valence-electron chi connectivity index (χ2n) is 10.6. The number of aromatic nitrogens is 1. The van der Waals surface area contributed by atoms with E-state index in [1.54, 1.807) is 6.07 Å². The second kappa shape index (κ2) is 9.85. The summed E-state index contributed by atoms with van der Waals surface area (Å²) in [6, 6.07) is 12.6. The van der Waals surface area contributed by atoms with Crippen LogP contribution < -0.4 is 10.6 Å². The minimum Gasteiger partial charge on any atom is -0.504 e. The lowest BCUT2D eigenvalue weighted by Gasteiger charge is -2.22. The first-order chi connectivity index (χ1) is 17.0. The fourth-order valence-corrected chi connectivity index (χ4v) is 4.74. The molecule has 36 heavy (non-hydrogen) atoms. The van der Waals surface area contributed by atoms with Gasteiger partial charge in [-0.05, 0) is 61.2 Å². The van der Waals surface area contributed by atoms with Crippen LogP contribution in [0.5, 0.6) is 11.5 Å². The van der Waals surface area contributed by atoms with Crippen molar-refractivity contribution in [3.8, 4) is 11.5 Å². The Morgan fingerprint density at radius 2 is 1.78 bits per heavy atom. The highest BCUT2D eigenvalue weighted by Crippen LogP contribution is 2.50. The topological polar surface area (TPSA) is 124 Å². The Morgan fingerprint density at radius 1 is 1.03 bits per heavy atom. The number of phenolic OH excluding ortho intramolecular Hbond substituents is 2. The van der Waals surface area contributed by atoms with Crippen LogP contribution in [0, 0.1) is 0 Å². The predicted octanol–water partition coefficient (Wildman–Crippen LogP) is 3.91. The molecule has 3 aromatic rings. The first-order valence-corrected chi connectivity index (χ1v) is 12.4. The number of hydrogen-bond donors (Lipinski definition) is 5. The molecule has 1 aliphatic rings. The number of phenols is 2. The van der Waals surface area contributed by atoms with Crippen molar-refractivity contribution in [2.45, 2.75) is 63.8 Å². The number of nitrogens with one attached hydrogen (secondary N) is 2. The minimum atomic E-state index is -0.695. The molecular weight excluding hydrogens is 458 g/mol. The van der Waals surface area contributed by atoms with E-state index in [-0.39, 0.29) is 41.9 Å². The summed E-state index contributed by atoms with van der Waals surface area (Å²) in [6.07, 6.45) is 2.42.